The van der Waals surface area contributed by atoms with Crippen molar-refractivity contribution in [3.05, 3.63) is 129 Å². The summed E-state index contributed by atoms with van der Waals surface area (Å²) in [5.74, 6) is 1.01. The van der Waals surface area contributed by atoms with E-state index >= 15 is 0 Å². The van der Waals surface area contributed by atoms with Gasteiger partial charge in [0.05, 0.1) is 6.21 Å². The molecule has 7 heteroatoms. The molecule has 4 aromatic rings. The summed E-state index contributed by atoms with van der Waals surface area (Å²) in [6, 6.07) is 29.2. The van der Waals surface area contributed by atoms with Crippen LogP contribution in [0.3, 0.4) is 0 Å². The van der Waals surface area contributed by atoms with Crippen molar-refractivity contribution in [2.45, 2.75) is 13.2 Å². The Labute approximate surface area is 213 Å². The van der Waals surface area contributed by atoms with Gasteiger partial charge in [-0.05, 0) is 65.7 Å². The normalized spacial score (nSPS) is 10.8. The number of ether oxygens (including phenoxy) is 2. The number of nitrogens with one attached hydrogen (secondary N) is 1. The summed E-state index contributed by atoms with van der Waals surface area (Å²) >= 11 is 12.1. The molecule has 0 unspecified atom stereocenters. The van der Waals surface area contributed by atoms with Crippen LogP contribution in [0.25, 0.3) is 0 Å². The third-order valence-corrected chi connectivity index (χ3v) is 5.65. The van der Waals surface area contributed by atoms with Crippen molar-refractivity contribution < 1.29 is 14.3 Å². The Hall–Kier alpha value is -3.80. The fraction of sp³-hybridized carbons (Fsp3) is 0.0714. The summed E-state index contributed by atoms with van der Waals surface area (Å²) in [5.41, 5.74) is 5.70. The van der Waals surface area contributed by atoms with Crippen LogP contribution in [0, 0.1) is 0 Å². The van der Waals surface area contributed by atoms with Crippen LogP contribution in [0.4, 0.5) is 0 Å². The molecule has 0 aliphatic heterocycles. The maximum atomic E-state index is 12.4. The second kappa shape index (κ2) is 12.1. The van der Waals surface area contributed by atoms with Gasteiger partial charge in [-0.2, -0.15) is 5.10 Å². The molecule has 0 atom stereocenters. The molecule has 0 radical (unpaired) electrons. The van der Waals surface area contributed by atoms with Crippen molar-refractivity contribution in [1.82, 2.24) is 5.43 Å². The van der Waals surface area contributed by atoms with Crippen LogP contribution >= 0.6 is 23.2 Å². The molecule has 0 saturated heterocycles. The molecule has 0 aliphatic rings. The average Bonchev–Trinajstić information content (AvgIpc) is 2.88. The highest BCUT2D eigenvalue weighted by atomic mass is 35.5. The van der Waals surface area contributed by atoms with Crippen LogP contribution in [-0.4, -0.2) is 12.1 Å². The fourth-order valence-corrected chi connectivity index (χ4v) is 3.46. The van der Waals surface area contributed by atoms with Gasteiger partial charge in [-0.15, -0.1) is 0 Å². The first-order valence-electron chi connectivity index (χ1n) is 10.8. The van der Waals surface area contributed by atoms with E-state index in [2.05, 4.69) is 10.5 Å². The van der Waals surface area contributed by atoms with Crippen LogP contribution in [0.15, 0.2) is 102 Å². The van der Waals surface area contributed by atoms with Gasteiger partial charge in [0.1, 0.15) is 24.7 Å². The van der Waals surface area contributed by atoms with Crippen molar-refractivity contribution in [1.29, 1.82) is 0 Å². The second-order valence-electron chi connectivity index (χ2n) is 7.59. The molecule has 35 heavy (non-hydrogen) atoms. The minimum atomic E-state index is -0.323. The Morgan fingerprint density at radius 1 is 0.800 bits per heavy atom. The third-order valence-electron chi connectivity index (χ3n) is 5.03. The van der Waals surface area contributed by atoms with Crippen LogP contribution < -0.4 is 14.9 Å². The molecular formula is C28H22Cl2N2O3. The maximum Gasteiger partial charge on any atom is 0.271 e. The highest BCUT2D eigenvalue weighted by Gasteiger charge is 2.05. The lowest BCUT2D eigenvalue weighted by atomic mass is 10.2. The molecular weight excluding hydrogens is 483 g/mol. The topological polar surface area (TPSA) is 59.9 Å². The van der Waals surface area contributed by atoms with E-state index in [1.54, 1.807) is 30.5 Å². The second-order valence-corrected chi connectivity index (χ2v) is 8.43. The molecule has 1 amide bonds. The summed E-state index contributed by atoms with van der Waals surface area (Å²) in [7, 11) is 0. The van der Waals surface area contributed by atoms with E-state index in [4.69, 9.17) is 32.7 Å². The minimum Gasteiger partial charge on any atom is -0.489 e. The van der Waals surface area contributed by atoms with Gasteiger partial charge in [0.25, 0.3) is 5.91 Å². The number of hydrazone groups is 1. The zero-order chi connectivity index (χ0) is 24.5. The zero-order valence-corrected chi connectivity index (χ0v) is 20.2. The van der Waals surface area contributed by atoms with Crippen molar-refractivity contribution in [3.8, 4) is 11.5 Å². The van der Waals surface area contributed by atoms with Crippen LogP contribution in [0.5, 0.6) is 11.5 Å². The third kappa shape index (κ3) is 7.34. The van der Waals surface area contributed by atoms with E-state index in [0.29, 0.717) is 40.3 Å². The number of nitrogens with zero attached hydrogens (tertiary/aromatic N) is 1. The largest absolute Gasteiger partial charge is 0.489 e. The summed E-state index contributed by atoms with van der Waals surface area (Å²) in [4.78, 5) is 12.4. The molecule has 0 bridgehead atoms. The molecule has 0 aromatic heterocycles. The fourth-order valence-electron chi connectivity index (χ4n) is 3.14. The van der Waals surface area contributed by atoms with Gasteiger partial charge in [0.2, 0.25) is 0 Å². The number of hydrogen-bond acceptors (Lipinski definition) is 4. The van der Waals surface area contributed by atoms with Crippen LogP contribution in [0.2, 0.25) is 10.0 Å². The molecule has 0 aliphatic carbocycles. The van der Waals surface area contributed by atoms with Gasteiger partial charge in [-0.3, -0.25) is 4.79 Å². The highest BCUT2D eigenvalue weighted by Crippen LogP contribution is 2.19. The van der Waals surface area contributed by atoms with E-state index < -0.39 is 0 Å². The Balaban J connectivity index is 1.27. The summed E-state index contributed by atoms with van der Waals surface area (Å²) < 4.78 is 11.6. The van der Waals surface area contributed by atoms with Crippen molar-refractivity contribution >= 4 is 35.3 Å². The van der Waals surface area contributed by atoms with Crippen molar-refractivity contribution in [2.24, 2.45) is 5.10 Å². The molecule has 0 saturated carbocycles. The summed E-state index contributed by atoms with van der Waals surface area (Å²) in [6.45, 7) is 0.768. The number of carbonyl (C=O) groups is 1. The maximum absolute atomic E-state index is 12.4. The number of rotatable bonds is 9. The van der Waals surface area contributed by atoms with E-state index in [-0.39, 0.29) is 5.91 Å². The lowest BCUT2D eigenvalue weighted by Gasteiger charge is -2.08. The van der Waals surface area contributed by atoms with Crippen molar-refractivity contribution in [3.63, 3.8) is 0 Å². The predicted molar refractivity (Wildman–Crippen MR) is 140 cm³/mol. The zero-order valence-electron chi connectivity index (χ0n) is 18.7. The standard InChI is InChI=1S/C28H22Cl2N2O3/c29-24-12-8-20(9-13-24)18-34-25-14-10-22(11-15-25)28(33)32-31-17-21-4-3-6-26(16-21)35-19-23-5-1-2-7-27(23)30/h1-17H,18-19H2,(H,32,33)/b31-17-. The Kier molecular flexibility index (Phi) is 8.39. The van der Waals surface area contributed by atoms with Gasteiger partial charge in [0.15, 0.2) is 0 Å². The molecule has 4 aromatic carbocycles. The number of carbonyl (C=O) groups excluding carboxylic acids is 1. The molecule has 5 nitrogen and oxygen atoms in total. The van der Waals surface area contributed by atoms with Gasteiger partial charge in [-0.1, -0.05) is 65.7 Å². The Morgan fingerprint density at radius 3 is 2.31 bits per heavy atom. The number of benzene rings is 4. The summed E-state index contributed by atoms with van der Waals surface area (Å²) in [6.07, 6.45) is 1.56. The van der Waals surface area contributed by atoms with E-state index in [9.17, 15) is 4.79 Å². The SMILES string of the molecule is O=C(N/N=C\c1cccc(OCc2ccccc2Cl)c1)c1ccc(OCc2ccc(Cl)cc2)cc1. The van der Waals surface area contributed by atoms with Crippen LogP contribution in [-0.2, 0) is 13.2 Å². The van der Waals surface area contributed by atoms with Gasteiger partial charge < -0.3 is 9.47 Å². The average molecular weight is 505 g/mol. The lowest BCUT2D eigenvalue weighted by Crippen LogP contribution is -2.17. The minimum absolute atomic E-state index is 0.323. The molecule has 0 heterocycles. The van der Waals surface area contributed by atoms with Crippen molar-refractivity contribution in [2.75, 3.05) is 0 Å². The predicted octanol–water partition coefficient (Wildman–Crippen LogP) is 6.92. The van der Waals surface area contributed by atoms with E-state index in [0.717, 1.165) is 16.7 Å². The molecule has 4 rings (SSSR count). The summed E-state index contributed by atoms with van der Waals surface area (Å²) in [5, 5.41) is 5.40. The van der Waals surface area contributed by atoms with Gasteiger partial charge in [-0.25, -0.2) is 5.43 Å². The first-order valence-corrected chi connectivity index (χ1v) is 11.6. The monoisotopic (exact) mass is 504 g/mol. The first kappa shape index (κ1) is 24.3. The Bertz CT molecular complexity index is 1310. The quantitative estimate of drug-likeness (QED) is 0.199. The molecule has 1 N–H and O–H groups in total. The van der Waals surface area contributed by atoms with E-state index in [1.807, 2.05) is 72.8 Å². The van der Waals surface area contributed by atoms with Gasteiger partial charge in [0, 0.05) is 21.2 Å². The van der Waals surface area contributed by atoms with Gasteiger partial charge >= 0.3 is 0 Å². The smallest absolute Gasteiger partial charge is 0.271 e. The lowest BCUT2D eigenvalue weighted by molar-refractivity contribution is 0.0955. The van der Waals surface area contributed by atoms with Crippen LogP contribution in [0.1, 0.15) is 27.0 Å². The molecule has 0 spiro atoms. The number of halogens is 2. The van der Waals surface area contributed by atoms with E-state index in [1.165, 1.54) is 0 Å². The highest BCUT2D eigenvalue weighted by molar-refractivity contribution is 6.31. The Morgan fingerprint density at radius 2 is 1.54 bits per heavy atom. The molecule has 0 fully saturated rings. The number of amides is 1. The first-order chi connectivity index (χ1) is 17.1. The molecule has 176 valence electrons. The number of hydrogen-bond donors (Lipinski definition) is 1.